The minimum Gasteiger partial charge on any atom is -0.314 e. The number of aromatic nitrogens is 1. The third kappa shape index (κ3) is 4.10. The summed E-state index contributed by atoms with van der Waals surface area (Å²) in [4.78, 5) is 6.64. The van der Waals surface area contributed by atoms with Crippen molar-refractivity contribution in [1.82, 2.24) is 15.2 Å². The predicted octanol–water partition coefficient (Wildman–Crippen LogP) is 1.90. The maximum Gasteiger partial charge on any atom is 0.0271 e. The molecular formula is C14H23N3. The first-order valence-corrected chi connectivity index (χ1v) is 6.58. The van der Waals surface area contributed by atoms with Crippen molar-refractivity contribution in [2.75, 3.05) is 19.6 Å². The Bertz CT molecular complexity index is 325. The van der Waals surface area contributed by atoms with Gasteiger partial charge in [0.15, 0.2) is 0 Å². The van der Waals surface area contributed by atoms with E-state index in [9.17, 15) is 0 Å². The first kappa shape index (κ1) is 12.5. The smallest absolute Gasteiger partial charge is 0.0271 e. The molecule has 0 saturated carbocycles. The third-order valence-corrected chi connectivity index (χ3v) is 3.42. The summed E-state index contributed by atoms with van der Waals surface area (Å²) in [7, 11) is 0. The maximum absolute atomic E-state index is 4.07. The van der Waals surface area contributed by atoms with Gasteiger partial charge in [-0.05, 0) is 50.0 Å². The molecule has 3 heteroatoms. The zero-order chi connectivity index (χ0) is 12.1. The monoisotopic (exact) mass is 233 g/mol. The van der Waals surface area contributed by atoms with Crippen LogP contribution in [0.3, 0.4) is 0 Å². The molecule has 0 amide bonds. The lowest BCUT2D eigenvalue weighted by Crippen LogP contribution is -2.42. The molecule has 2 heterocycles. The van der Waals surface area contributed by atoms with Gasteiger partial charge in [0.05, 0.1) is 0 Å². The van der Waals surface area contributed by atoms with Crippen molar-refractivity contribution in [2.45, 2.75) is 32.9 Å². The molecule has 1 aliphatic heterocycles. The summed E-state index contributed by atoms with van der Waals surface area (Å²) in [6.07, 6.45) is 5.00. The first-order valence-electron chi connectivity index (χ1n) is 6.58. The summed E-state index contributed by atoms with van der Waals surface area (Å²) in [5, 5.41) is 3.58. The average molecular weight is 233 g/mol. The molecule has 0 spiro atoms. The lowest BCUT2D eigenvalue weighted by Gasteiger charge is -2.31. The standard InChI is InChI=1S/C14H23N3/c1-12-9-16-13(2)5-8-17(10-12)11-14-3-6-15-7-4-14/h3-4,6-7,12-13,16H,5,8-11H2,1-2H3. The highest BCUT2D eigenvalue weighted by Gasteiger charge is 2.16. The number of nitrogens with one attached hydrogen (secondary N) is 1. The van der Waals surface area contributed by atoms with Crippen LogP contribution in [0.25, 0.3) is 0 Å². The van der Waals surface area contributed by atoms with E-state index in [1.807, 2.05) is 12.4 Å². The van der Waals surface area contributed by atoms with Crippen LogP contribution in [-0.4, -0.2) is 35.6 Å². The molecule has 0 aliphatic carbocycles. The second-order valence-corrected chi connectivity index (χ2v) is 5.29. The van der Waals surface area contributed by atoms with Crippen molar-refractivity contribution >= 4 is 0 Å². The molecule has 1 N–H and O–H groups in total. The van der Waals surface area contributed by atoms with Gasteiger partial charge in [0.25, 0.3) is 0 Å². The number of hydrogen-bond donors (Lipinski definition) is 1. The summed E-state index contributed by atoms with van der Waals surface area (Å²) in [5.41, 5.74) is 1.37. The molecule has 1 aliphatic rings. The van der Waals surface area contributed by atoms with E-state index < -0.39 is 0 Å². The molecule has 1 saturated heterocycles. The van der Waals surface area contributed by atoms with Gasteiger partial charge in [0.2, 0.25) is 0 Å². The number of hydrogen-bond acceptors (Lipinski definition) is 3. The summed E-state index contributed by atoms with van der Waals surface area (Å²) in [5.74, 6) is 0.722. The Hall–Kier alpha value is -0.930. The second kappa shape index (κ2) is 6.12. The summed E-state index contributed by atoms with van der Waals surface area (Å²) >= 11 is 0. The Kier molecular flexibility index (Phi) is 4.51. The van der Waals surface area contributed by atoms with E-state index in [1.165, 1.54) is 25.1 Å². The van der Waals surface area contributed by atoms with Crippen LogP contribution < -0.4 is 5.32 Å². The van der Waals surface area contributed by atoms with Crippen molar-refractivity contribution in [3.05, 3.63) is 30.1 Å². The molecule has 3 nitrogen and oxygen atoms in total. The van der Waals surface area contributed by atoms with E-state index in [-0.39, 0.29) is 0 Å². The van der Waals surface area contributed by atoms with Crippen molar-refractivity contribution in [3.63, 3.8) is 0 Å². The lowest BCUT2D eigenvalue weighted by molar-refractivity contribution is 0.195. The topological polar surface area (TPSA) is 28.2 Å². The molecule has 0 aromatic carbocycles. The zero-order valence-electron chi connectivity index (χ0n) is 10.9. The lowest BCUT2D eigenvalue weighted by atomic mass is 10.1. The molecule has 1 aromatic rings. The number of rotatable bonds is 2. The van der Waals surface area contributed by atoms with E-state index >= 15 is 0 Å². The molecule has 1 aromatic heterocycles. The highest BCUT2D eigenvalue weighted by Crippen LogP contribution is 2.10. The van der Waals surface area contributed by atoms with Crippen molar-refractivity contribution in [3.8, 4) is 0 Å². The fraction of sp³-hybridized carbons (Fsp3) is 0.643. The van der Waals surface area contributed by atoms with Crippen LogP contribution in [0.5, 0.6) is 0 Å². The van der Waals surface area contributed by atoms with Gasteiger partial charge >= 0.3 is 0 Å². The number of nitrogens with zero attached hydrogens (tertiary/aromatic N) is 2. The fourth-order valence-corrected chi connectivity index (χ4v) is 2.37. The second-order valence-electron chi connectivity index (χ2n) is 5.29. The Morgan fingerprint density at radius 1 is 1.35 bits per heavy atom. The SMILES string of the molecule is CC1CNC(C)CCN(Cc2ccncc2)C1. The Balaban J connectivity index is 1.94. The number of pyridine rings is 1. The Morgan fingerprint density at radius 3 is 2.88 bits per heavy atom. The summed E-state index contributed by atoms with van der Waals surface area (Å²) < 4.78 is 0. The normalized spacial score (nSPS) is 27.4. The first-order chi connectivity index (χ1) is 8.24. The summed E-state index contributed by atoms with van der Waals surface area (Å²) in [6.45, 7) is 9.16. The molecule has 0 bridgehead atoms. The molecule has 1 fully saturated rings. The van der Waals surface area contributed by atoms with Gasteiger partial charge in [0.1, 0.15) is 0 Å². The van der Waals surface area contributed by atoms with Crippen LogP contribution in [0.4, 0.5) is 0 Å². The Labute approximate surface area is 104 Å². The van der Waals surface area contributed by atoms with E-state index in [0.29, 0.717) is 6.04 Å². The van der Waals surface area contributed by atoms with Gasteiger partial charge in [-0.2, -0.15) is 0 Å². The van der Waals surface area contributed by atoms with E-state index in [4.69, 9.17) is 0 Å². The minimum absolute atomic E-state index is 0.637. The van der Waals surface area contributed by atoms with Crippen LogP contribution in [0.2, 0.25) is 0 Å². The van der Waals surface area contributed by atoms with Gasteiger partial charge < -0.3 is 5.32 Å². The van der Waals surface area contributed by atoms with Crippen LogP contribution >= 0.6 is 0 Å². The van der Waals surface area contributed by atoms with Crippen LogP contribution in [0, 0.1) is 5.92 Å². The van der Waals surface area contributed by atoms with E-state index in [2.05, 4.69) is 41.2 Å². The van der Waals surface area contributed by atoms with Gasteiger partial charge in [-0.15, -0.1) is 0 Å². The Morgan fingerprint density at radius 2 is 2.12 bits per heavy atom. The highest BCUT2D eigenvalue weighted by molar-refractivity contribution is 5.09. The van der Waals surface area contributed by atoms with E-state index in [1.54, 1.807) is 0 Å². The average Bonchev–Trinajstić information content (AvgIpc) is 2.33. The van der Waals surface area contributed by atoms with Gasteiger partial charge in [-0.3, -0.25) is 9.88 Å². The molecular weight excluding hydrogens is 210 g/mol. The van der Waals surface area contributed by atoms with Crippen LogP contribution in [0.1, 0.15) is 25.8 Å². The van der Waals surface area contributed by atoms with Crippen LogP contribution in [0.15, 0.2) is 24.5 Å². The van der Waals surface area contributed by atoms with E-state index in [0.717, 1.165) is 19.0 Å². The van der Waals surface area contributed by atoms with Crippen molar-refractivity contribution in [1.29, 1.82) is 0 Å². The largest absolute Gasteiger partial charge is 0.314 e. The fourth-order valence-electron chi connectivity index (χ4n) is 2.37. The third-order valence-electron chi connectivity index (χ3n) is 3.42. The van der Waals surface area contributed by atoms with Gasteiger partial charge in [-0.1, -0.05) is 6.92 Å². The molecule has 2 rings (SSSR count). The minimum atomic E-state index is 0.637. The van der Waals surface area contributed by atoms with Gasteiger partial charge in [0, 0.05) is 31.5 Å². The van der Waals surface area contributed by atoms with Crippen molar-refractivity contribution in [2.24, 2.45) is 5.92 Å². The van der Waals surface area contributed by atoms with Gasteiger partial charge in [-0.25, -0.2) is 0 Å². The molecule has 17 heavy (non-hydrogen) atoms. The molecule has 2 atom stereocenters. The molecule has 94 valence electrons. The van der Waals surface area contributed by atoms with Crippen LogP contribution in [-0.2, 0) is 6.54 Å². The zero-order valence-corrected chi connectivity index (χ0v) is 10.9. The van der Waals surface area contributed by atoms with Crippen molar-refractivity contribution < 1.29 is 0 Å². The quantitative estimate of drug-likeness (QED) is 0.845. The summed E-state index contributed by atoms with van der Waals surface area (Å²) in [6, 6.07) is 4.87. The predicted molar refractivity (Wildman–Crippen MR) is 70.8 cm³/mol. The highest BCUT2D eigenvalue weighted by atomic mass is 15.1. The molecule has 2 unspecified atom stereocenters. The maximum atomic E-state index is 4.07. The molecule has 0 radical (unpaired) electrons.